The maximum absolute atomic E-state index is 12.3. The molecule has 1 aliphatic rings. The predicted octanol–water partition coefficient (Wildman–Crippen LogP) is 3.73. The summed E-state index contributed by atoms with van der Waals surface area (Å²) in [6, 6.07) is 13.9. The molecule has 1 aromatic carbocycles. The van der Waals surface area contributed by atoms with Crippen molar-refractivity contribution in [2.24, 2.45) is 11.8 Å². The molecule has 2 aromatic rings. The van der Waals surface area contributed by atoms with Gasteiger partial charge < -0.3 is 10.6 Å². The van der Waals surface area contributed by atoms with Gasteiger partial charge in [-0.25, -0.2) is 0 Å². The zero-order valence-corrected chi connectivity index (χ0v) is 17.4. The molecular formula is C24H31N3O2. The zero-order valence-electron chi connectivity index (χ0n) is 17.4. The number of hydrogen-bond acceptors (Lipinski definition) is 3. The van der Waals surface area contributed by atoms with Crippen molar-refractivity contribution in [2.75, 3.05) is 6.54 Å². The third-order valence-corrected chi connectivity index (χ3v) is 5.76. The zero-order chi connectivity index (χ0) is 20.6. The molecule has 0 saturated heterocycles. The minimum atomic E-state index is -0.0365. The van der Waals surface area contributed by atoms with Crippen LogP contribution < -0.4 is 10.6 Å². The number of hydrogen-bond donors (Lipinski definition) is 2. The molecule has 1 aliphatic carbocycles. The van der Waals surface area contributed by atoms with Gasteiger partial charge in [0, 0.05) is 19.7 Å². The van der Waals surface area contributed by atoms with Crippen LogP contribution in [0.1, 0.15) is 55.5 Å². The number of pyridine rings is 1. The lowest BCUT2D eigenvalue weighted by atomic mass is 9.77. The van der Waals surface area contributed by atoms with Gasteiger partial charge in [0.25, 0.3) is 0 Å². The molecule has 29 heavy (non-hydrogen) atoms. The van der Waals surface area contributed by atoms with Crippen LogP contribution in [0.25, 0.3) is 0 Å². The summed E-state index contributed by atoms with van der Waals surface area (Å²) in [6.07, 6.45) is 6.37. The van der Waals surface area contributed by atoms with Crippen LogP contribution in [0.4, 0.5) is 0 Å². The minimum Gasteiger partial charge on any atom is -0.356 e. The van der Waals surface area contributed by atoms with E-state index in [0.717, 1.165) is 43.5 Å². The Labute approximate surface area is 173 Å². The second-order valence-corrected chi connectivity index (χ2v) is 8.18. The van der Waals surface area contributed by atoms with Crippen molar-refractivity contribution in [3.8, 4) is 0 Å². The van der Waals surface area contributed by atoms with Gasteiger partial charge in [-0.1, -0.05) is 35.9 Å². The van der Waals surface area contributed by atoms with Gasteiger partial charge in [0.15, 0.2) is 0 Å². The monoisotopic (exact) mass is 393 g/mol. The van der Waals surface area contributed by atoms with E-state index in [0.29, 0.717) is 18.3 Å². The van der Waals surface area contributed by atoms with Crippen LogP contribution in [0, 0.1) is 18.8 Å². The van der Waals surface area contributed by atoms with Crippen LogP contribution in [0.5, 0.6) is 0 Å². The molecule has 2 amide bonds. The Bertz CT molecular complexity index is 814. The van der Waals surface area contributed by atoms with Gasteiger partial charge in [0.05, 0.1) is 18.2 Å². The average molecular weight is 394 g/mol. The van der Waals surface area contributed by atoms with Crippen LogP contribution in [-0.2, 0) is 16.0 Å². The first kappa shape index (κ1) is 21.0. The van der Waals surface area contributed by atoms with E-state index in [9.17, 15) is 9.59 Å². The highest BCUT2D eigenvalue weighted by Gasteiger charge is 2.30. The van der Waals surface area contributed by atoms with Crippen molar-refractivity contribution in [3.63, 3.8) is 0 Å². The van der Waals surface area contributed by atoms with Crippen molar-refractivity contribution < 1.29 is 9.59 Å². The maximum atomic E-state index is 12.3. The van der Waals surface area contributed by atoms with Crippen molar-refractivity contribution in [2.45, 2.75) is 52.0 Å². The van der Waals surface area contributed by atoms with Crippen LogP contribution in [0.15, 0.2) is 48.7 Å². The molecule has 0 bridgehead atoms. The highest BCUT2D eigenvalue weighted by atomic mass is 16.2. The fourth-order valence-electron chi connectivity index (χ4n) is 4.27. The number of carbonyl (C=O) groups excluding carboxylic acids is 2. The smallest absolute Gasteiger partial charge is 0.224 e. The van der Waals surface area contributed by atoms with Crippen molar-refractivity contribution in [1.29, 1.82) is 0 Å². The number of carbonyl (C=O) groups is 2. The lowest BCUT2D eigenvalue weighted by molar-refractivity contribution is -0.121. The Morgan fingerprint density at radius 2 is 1.90 bits per heavy atom. The molecule has 1 saturated carbocycles. The molecule has 2 N–H and O–H groups in total. The molecule has 154 valence electrons. The van der Waals surface area contributed by atoms with Crippen LogP contribution in [0.3, 0.4) is 0 Å². The van der Waals surface area contributed by atoms with Gasteiger partial charge in [-0.15, -0.1) is 0 Å². The SMILES string of the molecule is CC(=O)NC(c1ccccn1)C1CCC(CNC(=O)Cc2cccc(C)c2)CC1. The molecule has 1 heterocycles. The fourth-order valence-corrected chi connectivity index (χ4v) is 4.27. The van der Waals surface area contributed by atoms with Crippen LogP contribution in [0.2, 0.25) is 0 Å². The third-order valence-electron chi connectivity index (χ3n) is 5.76. The number of nitrogens with one attached hydrogen (secondary N) is 2. The normalized spacial score (nSPS) is 19.9. The van der Waals surface area contributed by atoms with Crippen molar-refractivity contribution in [1.82, 2.24) is 15.6 Å². The second kappa shape index (κ2) is 10.2. The Morgan fingerprint density at radius 1 is 1.10 bits per heavy atom. The average Bonchev–Trinajstić information content (AvgIpc) is 2.71. The summed E-state index contributed by atoms with van der Waals surface area (Å²) >= 11 is 0. The molecule has 5 nitrogen and oxygen atoms in total. The van der Waals surface area contributed by atoms with Crippen molar-refractivity contribution in [3.05, 3.63) is 65.5 Å². The Morgan fingerprint density at radius 3 is 2.55 bits per heavy atom. The van der Waals surface area contributed by atoms with Gasteiger partial charge >= 0.3 is 0 Å². The molecular weight excluding hydrogens is 362 g/mol. The first-order valence-corrected chi connectivity index (χ1v) is 10.5. The molecule has 3 rings (SSSR count). The molecule has 0 aliphatic heterocycles. The summed E-state index contributed by atoms with van der Waals surface area (Å²) in [5.41, 5.74) is 3.16. The maximum Gasteiger partial charge on any atom is 0.224 e. The van der Waals surface area contributed by atoms with E-state index in [1.165, 1.54) is 5.56 Å². The number of nitrogens with zero attached hydrogens (tertiary/aromatic N) is 1. The molecule has 0 spiro atoms. The molecule has 1 aromatic heterocycles. The van der Waals surface area contributed by atoms with E-state index in [2.05, 4.69) is 21.7 Å². The summed E-state index contributed by atoms with van der Waals surface area (Å²) < 4.78 is 0. The lowest BCUT2D eigenvalue weighted by Gasteiger charge is -2.34. The first-order chi connectivity index (χ1) is 14.0. The van der Waals surface area contributed by atoms with Crippen molar-refractivity contribution >= 4 is 11.8 Å². The van der Waals surface area contributed by atoms with E-state index >= 15 is 0 Å². The Hall–Kier alpha value is -2.69. The lowest BCUT2D eigenvalue weighted by Crippen LogP contribution is -2.36. The van der Waals surface area contributed by atoms with Gasteiger partial charge in [0.2, 0.25) is 11.8 Å². The number of benzene rings is 1. The topological polar surface area (TPSA) is 71.1 Å². The first-order valence-electron chi connectivity index (χ1n) is 10.5. The quantitative estimate of drug-likeness (QED) is 0.753. The van der Waals surface area contributed by atoms with Crippen LogP contribution >= 0.6 is 0 Å². The number of rotatable bonds is 7. The Balaban J connectivity index is 1.47. The number of aryl methyl sites for hydroxylation is 1. The van der Waals surface area contributed by atoms with E-state index in [4.69, 9.17) is 0 Å². The minimum absolute atomic E-state index is 0.0220. The molecule has 1 unspecified atom stereocenters. The van der Waals surface area contributed by atoms with Gasteiger partial charge in [0.1, 0.15) is 0 Å². The second-order valence-electron chi connectivity index (χ2n) is 8.18. The summed E-state index contributed by atoms with van der Waals surface area (Å²) in [5.74, 6) is 0.941. The third kappa shape index (κ3) is 6.41. The largest absolute Gasteiger partial charge is 0.356 e. The standard InChI is InChI=1S/C24H31N3O2/c1-17-6-5-7-20(14-17)15-23(29)26-16-19-9-11-21(12-10-19)24(27-18(2)28)22-8-3-4-13-25-22/h3-8,13-14,19,21,24H,9-12,15-16H2,1-2H3,(H,26,29)(H,27,28). The summed E-state index contributed by atoms with van der Waals surface area (Å²) in [4.78, 5) is 28.4. The van der Waals surface area contributed by atoms with E-state index < -0.39 is 0 Å². The van der Waals surface area contributed by atoms with Gasteiger partial charge in [-0.2, -0.15) is 0 Å². The van der Waals surface area contributed by atoms with E-state index in [-0.39, 0.29) is 17.9 Å². The number of aromatic nitrogens is 1. The fraction of sp³-hybridized carbons (Fsp3) is 0.458. The molecule has 1 fully saturated rings. The highest BCUT2D eigenvalue weighted by Crippen LogP contribution is 2.36. The number of amides is 2. The van der Waals surface area contributed by atoms with E-state index in [1.807, 2.05) is 43.3 Å². The molecule has 5 heteroatoms. The van der Waals surface area contributed by atoms with Gasteiger partial charge in [-0.3, -0.25) is 14.6 Å². The Kier molecular flexibility index (Phi) is 7.39. The van der Waals surface area contributed by atoms with Gasteiger partial charge in [-0.05, 0) is 62.1 Å². The molecule has 0 radical (unpaired) electrons. The van der Waals surface area contributed by atoms with E-state index in [1.54, 1.807) is 13.1 Å². The summed E-state index contributed by atoms with van der Waals surface area (Å²) in [6.45, 7) is 4.33. The highest BCUT2D eigenvalue weighted by molar-refractivity contribution is 5.78. The molecule has 1 atom stereocenters. The summed E-state index contributed by atoms with van der Waals surface area (Å²) in [5, 5.41) is 6.20. The van der Waals surface area contributed by atoms with Crippen LogP contribution in [-0.4, -0.2) is 23.3 Å². The summed E-state index contributed by atoms with van der Waals surface area (Å²) in [7, 11) is 0. The predicted molar refractivity (Wildman–Crippen MR) is 114 cm³/mol.